The minimum atomic E-state index is -0.263. The van der Waals surface area contributed by atoms with Gasteiger partial charge in [0, 0.05) is 44.8 Å². The zero-order chi connectivity index (χ0) is 22.5. The van der Waals surface area contributed by atoms with Gasteiger partial charge in [-0.15, -0.1) is 10.2 Å². The molecule has 0 unspecified atom stereocenters. The van der Waals surface area contributed by atoms with Crippen molar-refractivity contribution in [3.05, 3.63) is 72.3 Å². The summed E-state index contributed by atoms with van der Waals surface area (Å²) in [7, 11) is 0. The summed E-state index contributed by atoms with van der Waals surface area (Å²) in [5.41, 5.74) is 1.45. The molecule has 2 aliphatic heterocycles. The van der Waals surface area contributed by atoms with Crippen molar-refractivity contribution in [3.63, 3.8) is 0 Å². The van der Waals surface area contributed by atoms with E-state index >= 15 is 0 Å². The van der Waals surface area contributed by atoms with E-state index in [9.17, 15) is 9.18 Å². The van der Waals surface area contributed by atoms with Crippen molar-refractivity contribution in [2.75, 3.05) is 26.2 Å². The van der Waals surface area contributed by atoms with E-state index in [0.29, 0.717) is 18.2 Å². The van der Waals surface area contributed by atoms with Crippen LogP contribution in [0, 0.1) is 17.7 Å². The Labute approximate surface area is 184 Å². The topological polar surface area (TPSA) is 107 Å². The van der Waals surface area contributed by atoms with Gasteiger partial charge in [-0.3, -0.25) is 9.59 Å². The number of nitrogens with zero attached hydrogens (tertiary/aromatic N) is 5. The Bertz CT molecular complexity index is 1030. The van der Waals surface area contributed by atoms with Crippen LogP contribution in [0.3, 0.4) is 0 Å². The van der Waals surface area contributed by atoms with Crippen molar-refractivity contribution >= 4 is 12.4 Å². The number of fused-ring (bicyclic) bond motifs is 1. The number of hydrogen-bond donors (Lipinski definition) is 2. The maximum absolute atomic E-state index is 14.0. The highest BCUT2D eigenvalue weighted by Gasteiger charge is 2.49. The van der Waals surface area contributed by atoms with Crippen molar-refractivity contribution < 1.29 is 19.1 Å². The van der Waals surface area contributed by atoms with Gasteiger partial charge in [-0.25, -0.2) is 4.39 Å². The molecule has 3 aromatic rings. The zero-order valence-corrected chi connectivity index (χ0v) is 17.4. The van der Waals surface area contributed by atoms with Crippen molar-refractivity contribution in [1.29, 1.82) is 0 Å². The fourth-order valence-electron chi connectivity index (χ4n) is 4.86. The largest absolute Gasteiger partial charge is 0.483 e. The van der Waals surface area contributed by atoms with E-state index in [2.05, 4.69) is 20.1 Å². The molecule has 1 amide bonds. The van der Waals surface area contributed by atoms with E-state index in [1.165, 1.54) is 6.07 Å². The minimum Gasteiger partial charge on any atom is -0.483 e. The zero-order valence-electron chi connectivity index (χ0n) is 17.4. The maximum Gasteiger partial charge on any atom is 0.290 e. The van der Waals surface area contributed by atoms with Crippen LogP contribution in [0.1, 0.15) is 22.1 Å². The number of hydrogen-bond acceptors (Lipinski definition) is 5. The monoisotopic (exact) mass is 440 g/mol. The van der Waals surface area contributed by atoms with Gasteiger partial charge in [-0.1, -0.05) is 12.1 Å². The van der Waals surface area contributed by atoms with Gasteiger partial charge < -0.3 is 24.5 Å². The number of nitrogens with one attached hydrogen (secondary N) is 1. The first kappa shape index (κ1) is 21.7. The highest BCUT2D eigenvalue weighted by Crippen LogP contribution is 2.45. The number of carbonyl (C=O) groups is 2. The number of likely N-dealkylation sites (tertiary alicyclic amines) is 2. The molecule has 32 heavy (non-hydrogen) atoms. The first-order valence-electron chi connectivity index (χ1n) is 10.4. The number of H-pyrrole nitrogens is 1. The molecule has 2 aliphatic rings. The van der Waals surface area contributed by atoms with Gasteiger partial charge in [0.15, 0.2) is 0 Å². The molecule has 2 N–H and O–H groups in total. The smallest absolute Gasteiger partial charge is 0.290 e. The Hall–Kier alpha value is -3.53. The van der Waals surface area contributed by atoms with Gasteiger partial charge in [0.2, 0.25) is 0 Å². The average molecular weight is 440 g/mol. The van der Waals surface area contributed by atoms with Gasteiger partial charge in [-0.05, 0) is 35.7 Å². The number of rotatable bonds is 5. The molecule has 0 aliphatic carbocycles. The van der Waals surface area contributed by atoms with Gasteiger partial charge in [0.05, 0.1) is 6.04 Å². The molecule has 0 saturated carbocycles. The molecule has 1 aromatic carbocycles. The Balaban J connectivity index is 0.000000775. The third kappa shape index (κ3) is 4.54. The predicted octanol–water partition coefficient (Wildman–Crippen LogP) is 1.89. The standard InChI is InChI=1S/C21H23FN6O.CH2O2/c22-17-4-1-3-15(9-17)20-18-12-26(7-8-27-13-24-25-14-27)10-16(18)11-28(20)21(29)19-5-2-6-23-19;2-1-3/h1-6,9,13-14,16,18,20,23H,7-8,10-12H2;1H,(H,2,3)/t16-,18-,20+;/m0./s1. The minimum absolute atomic E-state index is 0.0188. The summed E-state index contributed by atoms with van der Waals surface area (Å²) >= 11 is 0. The number of carboxylic acid groups (broad SMARTS) is 1. The van der Waals surface area contributed by atoms with Crippen LogP contribution >= 0.6 is 0 Å². The lowest BCUT2D eigenvalue weighted by Gasteiger charge is -2.30. The van der Waals surface area contributed by atoms with Crippen LogP contribution in [-0.2, 0) is 11.3 Å². The molecule has 0 bridgehead atoms. The second-order valence-electron chi connectivity index (χ2n) is 8.03. The van der Waals surface area contributed by atoms with Crippen LogP contribution in [0.25, 0.3) is 0 Å². The van der Waals surface area contributed by atoms with Crippen molar-refractivity contribution in [2.45, 2.75) is 12.6 Å². The molecule has 4 heterocycles. The molecule has 9 nitrogen and oxygen atoms in total. The summed E-state index contributed by atoms with van der Waals surface area (Å²) in [4.78, 5) is 28.9. The molecule has 2 aromatic heterocycles. The SMILES string of the molecule is O=C(c1ccc[nH]1)N1C[C@@H]2CN(CCn3cnnc3)C[C@@H]2[C@H]1c1cccc(F)c1.O=CO. The number of aromatic amines is 1. The summed E-state index contributed by atoms with van der Waals surface area (Å²) < 4.78 is 16.0. The first-order valence-corrected chi connectivity index (χ1v) is 10.4. The lowest BCUT2D eigenvalue weighted by molar-refractivity contribution is -0.122. The third-order valence-corrected chi connectivity index (χ3v) is 6.16. The summed E-state index contributed by atoms with van der Waals surface area (Å²) in [5.74, 6) is 0.384. The van der Waals surface area contributed by atoms with Crippen LogP contribution in [0.5, 0.6) is 0 Å². The lowest BCUT2D eigenvalue weighted by atomic mass is 9.89. The molecule has 3 atom stereocenters. The Morgan fingerprint density at radius 1 is 1.16 bits per heavy atom. The fraction of sp³-hybridized carbons (Fsp3) is 0.364. The Morgan fingerprint density at radius 2 is 1.94 bits per heavy atom. The van der Waals surface area contributed by atoms with E-state index in [4.69, 9.17) is 9.90 Å². The molecule has 0 radical (unpaired) electrons. The van der Waals surface area contributed by atoms with Gasteiger partial charge in [0.25, 0.3) is 12.4 Å². The first-order chi connectivity index (χ1) is 15.6. The van der Waals surface area contributed by atoms with Crippen molar-refractivity contribution in [2.24, 2.45) is 11.8 Å². The number of amides is 1. The van der Waals surface area contributed by atoms with Gasteiger partial charge in [-0.2, -0.15) is 0 Å². The Kier molecular flexibility index (Phi) is 6.60. The highest BCUT2D eigenvalue weighted by molar-refractivity contribution is 5.93. The Morgan fingerprint density at radius 3 is 2.62 bits per heavy atom. The van der Waals surface area contributed by atoms with Gasteiger partial charge >= 0.3 is 0 Å². The molecule has 2 saturated heterocycles. The maximum atomic E-state index is 14.0. The normalized spacial score (nSPS) is 22.3. The third-order valence-electron chi connectivity index (χ3n) is 6.16. The lowest BCUT2D eigenvalue weighted by Crippen LogP contribution is -2.36. The van der Waals surface area contributed by atoms with E-state index in [1.807, 2.05) is 21.6 Å². The van der Waals surface area contributed by atoms with E-state index in [0.717, 1.165) is 31.7 Å². The van der Waals surface area contributed by atoms with E-state index in [-0.39, 0.29) is 30.2 Å². The van der Waals surface area contributed by atoms with E-state index in [1.54, 1.807) is 37.1 Å². The molecule has 0 spiro atoms. The van der Waals surface area contributed by atoms with Crippen LogP contribution in [0.4, 0.5) is 4.39 Å². The average Bonchev–Trinajstić information content (AvgIpc) is 3.57. The molecule has 5 rings (SSSR count). The number of benzene rings is 1. The molecular weight excluding hydrogens is 415 g/mol. The predicted molar refractivity (Wildman–Crippen MR) is 113 cm³/mol. The van der Waals surface area contributed by atoms with Crippen LogP contribution in [0.2, 0.25) is 0 Å². The summed E-state index contributed by atoms with van der Waals surface area (Å²) in [6.45, 7) is 4.01. The summed E-state index contributed by atoms with van der Waals surface area (Å²) in [6, 6.07) is 10.2. The van der Waals surface area contributed by atoms with E-state index < -0.39 is 0 Å². The van der Waals surface area contributed by atoms with Crippen molar-refractivity contribution in [3.8, 4) is 0 Å². The number of aromatic nitrogens is 4. The summed E-state index contributed by atoms with van der Waals surface area (Å²) in [6.07, 6.45) is 5.21. The molecule has 10 heteroatoms. The molecule has 168 valence electrons. The molecule has 2 fully saturated rings. The molecular formula is C22H25FN6O3. The van der Waals surface area contributed by atoms with Crippen LogP contribution in [-0.4, -0.2) is 73.2 Å². The van der Waals surface area contributed by atoms with Crippen LogP contribution < -0.4 is 0 Å². The van der Waals surface area contributed by atoms with Gasteiger partial charge in [0.1, 0.15) is 24.2 Å². The summed E-state index contributed by atoms with van der Waals surface area (Å²) in [5, 5.41) is 14.6. The van der Waals surface area contributed by atoms with Crippen molar-refractivity contribution in [1.82, 2.24) is 29.5 Å². The quantitative estimate of drug-likeness (QED) is 0.587. The second kappa shape index (κ2) is 9.73. The number of carbonyl (C=O) groups excluding carboxylic acids is 1. The fourth-order valence-corrected chi connectivity index (χ4v) is 4.86. The highest BCUT2D eigenvalue weighted by atomic mass is 19.1. The second-order valence-corrected chi connectivity index (χ2v) is 8.03. The van der Waals surface area contributed by atoms with Crippen LogP contribution in [0.15, 0.2) is 55.2 Å². The number of halogens is 1.